The fourth-order valence-corrected chi connectivity index (χ4v) is 3.31. The maximum atomic E-state index is 13.3. The molecule has 0 atom stereocenters. The number of ether oxygens (including phenoxy) is 1. The molecule has 24 heavy (non-hydrogen) atoms. The second-order valence-electron chi connectivity index (χ2n) is 6.40. The smallest absolute Gasteiger partial charge is 0.235 e. The van der Waals surface area contributed by atoms with Gasteiger partial charge in [0.15, 0.2) is 0 Å². The van der Waals surface area contributed by atoms with E-state index in [0.29, 0.717) is 26.1 Å². The van der Waals surface area contributed by atoms with Crippen LogP contribution in [-0.2, 0) is 21.4 Å². The number of aryl methyl sites for hydroxylation is 2. The van der Waals surface area contributed by atoms with Crippen LogP contribution in [0.25, 0.3) is 0 Å². The Morgan fingerprint density at radius 2 is 1.92 bits per heavy atom. The van der Waals surface area contributed by atoms with Crippen molar-refractivity contribution in [2.75, 3.05) is 18.5 Å². The summed E-state index contributed by atoms with van der Waals surface area (Å²) in [5, 5.41) is 3.15. The van der Waals surface area contributed by atoms with Gasteiger partial charge in [-0.2, -0.15) is 0 Å². The lowest BCUT2D eigenvalue weighted by atomic mass is 9.73. The molecule has 1 amide bonds. The van der Waals surface area contributed by atoms with E-state index in [1.54, 1.807) is 6.20 Å². The number of hydrogen-bond acceptors (Lipinski definition) is 3. The molecule has 0 unspecified atom stereocenters. The summed E-state index contributed by atoms with van der Waals surface area (Å²) in [5.41, 5.74) is 3.65. The number of amides is 1. The predicted octanol–water partition coefficient (Wildman–Crippen LogP) is 3.64. The molecule has 1 N–H and O–H groups in total. The molecule has 1 aliphatic heterocycles. The Labute approximate surface area is 143 Å². The van der Waals surface area contributed by atoms with Crippen LogP contribution in [0.3, 0.4) is 0 Å². The zero-order valence-electron chi connectivity index (χ0n) is 14.3. The molecule has 1 fully saturated rings. The number of nitrogens with zero attached hydrogens (tertiary/aromatic N) is 1. The van der Waals surface area contributed by atoms with E-state index in [9.17, 15) is 4.79 Å². The molecule has 2 aromatic rings. The maximum absolute atomic E-state index is 13.3. The lowest BCUT2D eigenvalue weighted by Gasteiger charge is -2.36. The van der Waals surface area contributed by atoms with Crippen molar-refractivity contribution in [3.8, 4) is 0 Å². The van der Waals surface area contributed by atoms with E-state index in [1.807, 2.05) is 12.3 Å². The molecule has 1 aliphatic rings. The number of carbonyl (C=O) groups excluding carboxylic acids is 1. The Balaban J connectivity index is 1.93. The molecule has 0 radical (unpaired) electrons. The Kier molecular flexibility index (Phi) is 4.95. The van der Waals surface area contributed by atoms with Gasteiger partial charge in [-0.3, -0.25) is 9.78 Å². The number of hydrogen-bond donors (Lipinski definition) is 1. The summed E-state index contributed by atoms with van der Waals surface area (Å²) in [6.07, 6.45) is 5.78. The molecule has 0 saturated carbocycles. The molecule has 0 aliphatic carbocycles. The molecule has 1 aromatic heterocycles. The van der Waals surface area contributed by atoms with Crippen LogP contribution in [0.2, 0.25) is 0 Å². The van der Waals surface area contributed by atoms with Crippen molar-refractivity contribution >= 4 is 11.6 Å². The molecular formula is C20H24N2O2. The van der Waals surface area contributed by atoms with Crippen LogP contribution < -0.4 is 5.32 Å². The standard InChI is InChI=1S/C20H24N2O2/c1-3-16-14-21-11-8-18(16)22-19(23)20(9-12-24-13-10-20)17-6-4-15(2)5-7-17/h4-8,11,14H,3,9-10,12-13H2,1-2H3,(H,21,22,23). The third-order valence-electron chi connectivity index (χ3n) is 4.92. The van der Waals surface area contributed by atoms with Gasteiger partial charge in [0.2, 0.25) is 5.91 Å². The number of pyridine rings is 1. The number of aromatic nitrogens is 1. The average Bonchev–Trinajstić information content (AvgIpc) is 2.63. The average molecular weight is 324 g/mol. The van der Waals surface area contributed by atoms with Crippen LogP contribution in [0.15, 0.2) is 42.7 Å². The molecular weight excluding hydrogens is 300 g/mol. The second kappa shape index (κ2) is 7.14. The van der Waals surface area contributed by atoms with Crippen LogP contribution in [-0.4, -0.2) is 24.1 Å². The zero-order valence-corrected chi connectivity index (χ0v) is 14.3. The summed E-state index contributed by atoms with van der Waals surface area (Å²) in [6, 6.07) is 10.2. The normalized spacial score (nSPS) is 16.6. The van der Waals surface area contributed by atoms with Crippen LogP contribution in [0.4, 0.5) is 5.69 Å². The van der Waals surface area contributed by atoms with Crippen molar-refractivity contribution in [3.63, 3.8) is 0 Å². The van der Waals surface area contributed by atoms with E-state index in [4.69, 9.17) is 4.74 Å². The van der Waals surface area contributed by atoms with Crippen LogP contribution in [0.1, 0.15) is 36.5 Å². The highest BCUT2D eigenvalue weighted by Gasteiger charge is 2.41. The van der Waals surface area contributed by atoms with Crippen molar-refractivity contribution in [1.29, 1.82) is 0 Å². The second-order valence-corrected chi connectivity index (χ2v) is 6.40. The highest BCUT2D eigenvalue weighted by Crippen LogP contribution is 2.36. The van der Waals surface area contributed by atoms with Crippen LogP contribution in [0.5, 0.6) is 0 Å². The van der Waals surface area contributed by atoms with Gasteiger partial charge < -0.3 is 10.1 Å². The van der Waals surface area contributed by atoms with Crippen molar-refractivity contribution in [2.45, 2.75) is 38.5 Å². The number of benzene rings is 1. The number of anilines is 1. The summed E-state index contributed by atoms with van der Waals surface area (Å²) in [5.74, 6) is 0.0514. The Bertz CT molecular complexity index is 704. The molecule has 1 saturated heterocycles. The summed E-state index contributed by atoms with van der Waals surface area (Å²) < 4.78 is 5.53. The molecule has 2 heterocycles. The van der Waals surface area contributed by atoms with Gasteiger partial charge in [-0.05, 0) is 43.4 Å². The quantitative estimate of drug-likeness (QED) is 0.934. The van der Waals surface area contributed by atoms with Crippen LogP contribution >= 0.6 is 0 Å². The van der Waals surface area contributed by atoms with Crippen LogP contribution in [0, 0.1) is 6.92 Å². The third-order valence-corrected chi connectivity index (χ3v) is 4.92. The van der Waals surface area contributed by atoms with E-state index >= 15 is 0 Å². The molecule has 1 aromatic carbocycles. The van der Waals surface area contributed by atoms with E-state index in [2.05, 4.69) is 48.4 Å². The van der Waals surface area contributed by atoms with Crippen molar-refractivity contribution < 1.29 is 9.53 Å². The summed E-state index contributed by atoms with van der Waals surface area (Å²) in [4.78, 5) is 17.4. The monoisotopic (exact) mass is 324 g/mol. The summed E-state index contributed by atoms with van der Waals surface area (Å²) in [6.45, 7) is 5.35. The van der Waals surface area contributed by atoms with Crippen molar-refractivity contribution in [3.05, 3.63) is 59.4 Å². The number of rotatable bonds is 4. The third kappa shape index (κ3) is 3.20. The first-order valence-electron chi connectivity index (χ1n) is 8.55. The van der Waals surface area contributed by atoms with Gasteiger partial charge in [0, 0.05) is 31.3 Å². The fraction of sp³-hybridized carbons (Fsp3) is 0.400. The van der Waals surface area contributed by atoms with Gasteiger partial charge >= 0.3 is 0 Å². The SMILES string of the molecule is CCc1cnccc1NC(=O)C1(c2ccc(C)cc2)CCOCC1. The minimum Gasteiger partial charge on any atom is -0.381 e. The Morgan fingerprint density at radius 3 is 2.58 bits per heavy atom. The highest BCUT2D eigenvalue weighted by atomic mass is 16.5. The van der Waals surface area contributed by atoms with Crippen molar-refractivity contribution in [2.24, 2.45) is 0 Å². The van der Waals surface area contributed by atoms with Gasteiger partial charge in [0.1, 0.15) is 0 Å². The number of carbonyl (C=O) groups is 1. The van der Waals surface area contributed by atoms with Gasteiger partial charge in [0.25, 0.3) is 0 Å². The number of nitrogens with one attached hydrogen (secondary N) is 1. The first-order chi connectivity index (χ1) is 11.7. The van der Waals surface area contributed by atoms with Gasteiger partial charge in [-0.15, -0.1) is 0 Å². The molecule has 4 heteroatoms. The largest absolute Gasteiger partial charge is 0.381 e. The summed E-state index contributed by atoms with van der Waals surface area (Å²) >= 11 is 0. The minimum atomic E-state index is -0.528. The molecule has 0 spiro atoms. The van der Waals surface area contributed by atoms with Gasteiger partial charge in [-0.25, -0.2) is 0 Å². The van der Waals surface area contributed by atoms with Gasteiger partial charge in [0.05, 0.1) is 5.41 Å². The maximum Gasteiger partial charge on any atom is 0.235 e. The van der Waals surface area contributed by atoms with E-state index < -0.39 is 5.41 Å². The molecule has 3 rings (SSSR count). The van der Waals surface area contributed by atoms with Gasteiger partial charge in [-0.1, -0.05) is 36.8 Å². The lowest BCUT2D eigenvalue weighted by Crippen LogP contribution is -2.45. The zero-order chi connectivity index (χ0) is 17.0. The van der Waals surface area contributed by atoms with E-state index in [1.165, 1.54) is 5.56 Å². The fourth-order valence-electron chi connectivity index (χ4n) is 3.31. The van der Waals surface area contributed by atoms with E-state index in [0.717, 1.165) is 23.2 Å². The van der Waals surface area contributed by atoms with Crippen molar-refractivity contribution in [1.82, 2.24) is 4.98 Å². The molecule has 126 valence electrons. The Hall–Kier alpha value is -2.20. The first kappa shape index (κ1) is 16.7. The van der Waals surface area contributed by atoms with E-state index in [-0.39, 0.29) is 5.91 Å². The lowest BCUT2D eigenvalue weighted by molar-refractivity contribution is -0.125. The molecule has 4 nitrogen and oxygen atoms in total. The Morgan fingerprint density at radius 1 is 1.21 bits per heavy atom. The molecule has 0 bridgehead atoms. The highest BCUT2D eigenvalue weighted by molar-refractivity contribution is 5.99. The summed E-state index contributed by atoms with van der Waals surface area (Å²) in [7, 11) is 0. The topological polar surface area (TPSA) is 51.2 Å². The first-order valence-corrected chi connectivity index (χ1v) is 8.55. The minimum absolute atomic E-state index is 0.0514. The predicted molar refractivity (Wildman–Crippen MR) is 95.2 cm³/mol.